The van der Waals surface area contributed by atoms with Gasteiger partial charge in [0.05, 0.1) is 5.75 Å². The lowest BCUT2D eigenvalue weighted by atomic mass is 9.98. The van der Waals surface area contributed by atoms with Gasteiger partial charge in [-0.25, -0.2) is 0 Å². The number of hydrogen-bond acceptors (Lipinski definition) is 6. The minimum absolute atomic E-state index is 0.102. The van der Waals surface area contributed by atoms with Gasteiger partial charge in [0.25, 0.3) is 5.22 Å². The van der Waals surface area contributed by atoms with Gasteiger partial charge in [0.15, 0.2) is 0 Å². The summed E-state index contributed by atoms with van der Waals surface area (Å²) in [5.74, 6) is 0.840. The Labute approximate surface area is 156 Å². The van der Waals surface area contributed by atoms with E-state index >= 15 is 0 Å². The minimum Gasteiger partial charge on any atom is -0.411 e. The van der Waals surface area contributed by atoms with E-state index in [1.54, 1.807) is 24.5 Å². The molecule has 0 aliphatic carbocycles. The van der Waals surface area contributed by atoms with Crippen LogP contribution in [-0.4, -0.2) is 26.8 Å². The highest BCUT2D eigenvalue weighted by Crippen LogP contribution is 2.28. The lowest BCUT2D eigenvalue weighted by molar-refractivity contribution is -0.113. The van der Waals surface area contributed by atoms with Crippen LogP contribution >= 0.6 is 11.8 Å². The Balaban J connectivity index is 1.63. The third kappa shape index (κ3) is 4.29. The number of amides is 1. The highest BCUT2D eigenvalue weighted by atomic mass is 32.2. The average Bonchev–Trinajstić information content (AvgIpc) is 3.11. The molecule has 0 spiro atoms. The quantitative estimate of drug-likeness (QED) is 0.654. The molecule has 1 N–H and O–H groups in total. The summed E-state index contributed by atoms with van der Waals surface area (Å²) in [7, 11) is 0. The first kappa shape index (κ1) is 18.1. The Morgan fingerprint density at radius 2 is 1.96 bits per heavy atom. The Bertz CT molecular complexity index is 894. The predicted octanol–water partition coefficient (Wildman–Crippen LogP) is 4.29. The molecule has 0 bridgehead atoms. The first-order valence-electron chi connectivity index (χ1n) is 8.30. The van der Waals surface area contributed by atoms with Crippen molar-refractivity contribution >= 4 is 23.4 Å². The number of anilines is 1. The summed E-state index contributed by atoms with van der Waals surface area (Å²) in [5.41, 5.74) is 3.86. The number of hydrogen-bond donors (Lipinski definition) is 1. The van der Waals surface area contributed by atoms with E-state index in [0.29, 0.717) is 17.0 Å². The van der Waals surface area contributed by atoms with Crippen molar-refractivity contribution in [2.45, 2.75) is 31.9 Å². The van der Waals surface area contributed by atoms with Gasteiger partial charge in [-0.2, -0.15) is 0 Å². The van der Waals surface area contributed by atoms with E-state index < -0.39 is 0 Å². The van der Waals surface area contributed by atoms with Crippen molar-refractivity contribution < 1.29 is 9.21 Å². The van der Waals surface area contributed by atoms with Crippen molar-refractivity contribution in [1.82, 2.24) is 15.2 Å². The zero-order chi connectivity index (χ0) is 18.5. The summed E-state index contributed by atoms with van der Waals surface area (Å²) < 4.78 is 5.59. The maximum atomic E-state index is 12.4. The van der Waals surface area contributed by atoms with Gasteiger partial charge in [-0.05, 0) is 36.1 Å². The molecular formula is C19H20N4O2S. The number of para-hydroxylation sites is 1. The van der Waals surface area contributed by atoms with Crippen LogP contribution in [0.15, 0.2) is 52.4 Å². The number of benzene rings is 1. The van der Waals surface area contributed by atoms with E-state index in [0.717, 1.165) is 22.4 Å². The number of aryl methyl sites for hydroxylation is 1. The van der Waals surface area contributed by atoms with Crippen molar-refractivity contribution in [2.75, 3.05) is 11.1 Å². The maximum absolute atomic E-state index is 12.4. The Morgan fingerprint density at radius 1 is 1.19 bits per heavy atom. The fraction of sp³-hybridized carbons (Fsp3) is 0.263. The van der Waals surface area contributed by atoms with Gasteiger partial charge in [0, 0.05) is 23.6 Å². The van der Waals surface area contributed by atoms with Crippen LogP contribution in [0, 0.1) is 6.92 Å². The minimum atomic E-state index is -0.102. The Kier molecular flexibility index (Phi) is 5.68. The second-order valence-corrected chi connectivity index (χ2v) is 7.07. The second-order valence-electron chi connectivity index (χ2n) is 6.14. The number of pyridine rings is 1. The fourth-order valence-electron chi connectivity index (χ4n) is 2.52. The third-order valence-corrected chi connectivity index (χ3v) is 4.67. The second kappa shape index (κ2) is 8.14. The summed E-state index contributed by atoms with van der Waals surface area (Å²) in [5, 5.41) is 11.4. The van der Waals surface area contributed by atoms with Gasteiger partial charge < -0.3 is 9.73 Å². The van der Waals surface area contributed by atoms with Crippen LogP contribution in [0.1, 0.15) is 30.9 Å². The monoisotopic (exact) mass is 368 g/mol. The first-order valence-corrected chi connectivity index (χ1v) is 9.29. The molecule has 1 aromatic carbocycles. The number of nitrogens with one attached hydrogen (secondary N) is 1. The molecular weight excluding hydrogens is 348 g/mol. The van der Waals surface area contributed by atoms with Crippen LogP contribution in [0.3, 0.4) is 0 Å². The number of carbonyl (C=O) groups excluding carboxylic acids is 1. The molecule has 0 saturated carbocycles. The van der Waals surface area contributed by atoms with Gasteiger partial charge in [0.1, 0.15) is 0 Å². The van der Waals surface area contributed by atoms with Crippen molar-refractivity contribution in [1.29, 1.82) is 0 Å². The molecule has 7 heteroatoms. The lowest BCUT2D eigenvalue weighted by Crippen LogP contribution is -2.16. The summed E-state index contributed by atoms with van der Waals surface area (Å²) in [6, 6.07) is 9.63. The molecule has 2 heterocycles. The molecule has 0 atom stereocenters. The molecule has 3 aromatic rings. The van der Waals surface area contributed by atoms with Gasteiger partial charge in [0.2, 0.25) is 11.8 Å². The van der Waals surface area contributed by atoms with Crippen LogP contribution in [0.2, 0.25) is 0 Å². The predicted molar refractivity (Wildman–Crippen MR) is 102 cm³/mol. The standard InChI is InChI=1S/C19H20N4O2S/c1-12(2)15-6-4-5-13(3)17(15)21-16(24)11-26-19-23-22-18(25-19)14-7-9-20-10-8-14/h4-10,12H,11H2,1-3H3,(H,21,24). The number of thioether (sulfide) groups is 1. The highest BCUT2D eigenvalue weighted by molar-refractivity contribution is 7.99. The highest BCUT2D eigenvalue weighted by Gasteiger charge is 2.14. The van der Waals surface area contributed by atoms with Gasteiger partial charge in [-0.1, -0.05) is 43.8 Å². The molecule has 0 aliphatic heterocycles. The van der Waals surface area contributed by atoms with E-state index in [1.807, 2.05) is 25.1 Å². The molecule has 0 fully saturated rings. The normalized spacial score (nSPS) is 10.9. The first-order chi connectivity index (χ1) is 12.5. The van der Waals surface area contributed by atoms with Crippen molar-refractivity contribution in [3.05, 3.63) is 53.9 Å². The molecule has 0 radical (unpaired) electrons. The van der Waals surface area contributed by atoms with Crippen LogP contribution in [0.4, 0.5) is 5.69 Å². The van der Waals surface area contributed by atoms with E-state index in [-0.39, 0.29) is 11.7 Å². The summed E-state index contributed by atoms with van der Waals surface area (Å²) >= 11 is 1.22. The third-order valence-electron chi connectivity index (χ3n) is 3.85. The van der Waals surface area contributed by atoms with E-state index in [9.17, 15) is 4.79 Å². The fourth-order valence-corrected chi connectivity index (χ4v) is 3.09. The van der Waals surface area contributed by atoms with Crippen molar-refractivity contribution in [3.8, 4) is 11.5 Å². The molecule has 134 valence electrons. The molecule has 3 rings (SSSR count). The van der Waals surface area contributed by atoms with Crippen LogP contribution in [0.5, 0.6) is 0 Å². The topological polar surface area (TPSA) is 80.9 Å². The van der Waals surface area contributed by atoms with Gasteiger partial charge in [-0.15, -0.1) is 10.2 Å². The SMILES string of the molecule is Cc1cccc(C(C)C)c1NC(=O)CSc1nnc(-c2ccncc2)o1. The summed E-state index contributed by atoms with van der Waals surface area (Å²) in [4.78, 5) is 16.3. The Hall–Kier alpha value is -2.67. The van der Waals surface area contributed by atoms with Crippen LogP contribution in [-0.2, 0) is 4.79 Å². The van der Waals surface area contributed by atoms with Gasteiger partial charge >= 0.3 is 0 Å². The number of nitrogens with zero attached hydrogens (tertiary/aromatic N) is 3. The van der Waals surface area contributed by atoms with E-state index in [4.69, 9.17) is 4.42 Å². The molecule has 26 heavy (non-hydrogen) atoms. The average molecular weight is 368 g/mol. The van der Waals surface area contributed by atoms with E-state index in [1.165, 1.54) is 11.8 Å². The molecule has 2 aromatic heterocycles. The van der Waals surface area contributed by atoms with Crippen LogP contribution < -0.4 is 5.32 Å². The lowest BCUT2D eigenvalue weighted by Gasteiger charge is -2.16. The van der Waals surface area contributed by atoms with E-state index in [2.05, 4.69) is 34.3 Å². The number of rotatable bonds is 6. The zero-order valence-corrected chi connectivity index (χ0v) is 15.7. The van der Waals surface area contributed by atoms with Crippen LogP contribution in [0.25, 0.3) is 11.5 Å². The summed E-state index contributed by atoms with van der Waals surface area (Å²) in [6.07, 6.45) is 3.32. The number of carbonyl (C=O) groups is 1. The molecule has 0 saturated heterocycles. The molecule has 1 amide bonds. The van der Waals surface area contributed by atoms with Gasteiger partial charge in [-0.3, -0.25) is 9.78 Å². The smallest absolute Gasteiger partial charge is 0.277 e. The van der Waals surface area contributed by atoms with Crippen molar-refractivity contribution in [3.63, 3.8) is 0 Å². The summed E-state index contributed by atoms with van der Waals surface area (Å²) in [6.45, 7) is 6.21. The number of aromatic nitrogens is 3. The molecule has 0 unspecified atom stereocenters. The maximum Gasteiger partial charge on any atom is 0.277 e. The largest absolute Gasteiger partial charge is 0.411 e. The molecule has 0 aliphatic rings. The molecule has 6 nitrogen and oxygen atoms in total. The zero-order valence-electron chi connectivity index (χ0n) is 14.9. The van der Waals surface area contributed by atoms with Crippen molar-refractivity contribution in [2.24, 2.45) is 0 Å². The Morgan fingerprint density at radius 3 is 2.69 bits per heavy atom.